The van der Waals surface area contributed by atoms with Gasteiger partial charge in [-0.3, -0.25) is 9.59 Å². The van der Waals surface area contributed by atoms with Crippen molar-refractivity contribution in [1.29, 1.82) is 0 Å². The number of hydrogen-bond acceptors (Lipinski definition) is 4. The molecule has 0 aliphatic heterocycles. The fourth-order valence-electron chi connectivity index (χ4n) is 3.49. The summed E-state index contributed by atoms with van der Waals surface area (Å²) in [6, 6.07) is 23.0. The van der Waals surface area contributed by atoms with Crippen LogP contribution in [0.1, 0.15) is 32.1 Å². The summed E-state index contributed by atoms with van der Waals surface area (Å²) in [6.45, 7) is 3.53. The van der Waals surface area contributed by atoms with E-state index in [9.17, 15) is 9.59 Å². The standard InChI is InChI=1S/C24H21N5O2/c1-15-7-6-10-20(21(15)23(25)30)26-24(31)22-16(2)29(28-27-22)19-13-11-18(12-14-19)17-8-4-3-5-9-17/h3-14H,1-2H3,(H2,25,30)(H,26,31). The summed E-state index contributed by atoms with van der Waals surface area (Å²) in [7, 11) is 0. The Balaban J connectivity index is 1.60. The van der Waals surface area contributed by atoms with Crippen molar-refractivity contribution in [3.8, 4) is 16.8 Å². The van der Waals surface area contributed by atoms with Crippen LogP contribution in [-0.4, -0.2) is 26.8 Å². The molecule has 0 saturated heterocycles. The molecule has 4 rings (SSSR count). The minimum Gasteiger partial charge on any atom is -0.366 e. The summed E-state index contributed by atoms with van der Waals surface area (Å²) in [5, 5.41) is 10.9. The summed E-state index contributed by atoms with van der Waals surface area (Å²) < 4.78 is 1.61. The van der Waals surface area contributed by atoms with Gasteiger partial charge in [0.25, 0.3) is 11.8 Å². The predicted molar refractivity (Wildman–Crippen MR) is 119 cm³/mol. The number of nitrogens with zero attached hydrogens (tertiary/aromatic N) is 3. The van der Waals surface area contributed by atoms with Gasteiger partial charge in [0.15, 0.2) is 5.69 Å². The molecular formula is C24H21N5O2. The molecule has 1 heterocycles. The second-order valence-corrected chi connectivity index (χ2v) is 7.16. The average Bonchev–Trinajstić information content (AvgIpc) is 3.15. The fraction of sp³-hybridized carbons (Fsp3) is 0.0833. The zero-order chi connectivity index (χ0) is 22.0. The molecule has 0 saturated carbocycles. The molecular weight excluding hydrogens is 390 g/mol. The molecule has 0 atom stereocenters. The van der Waals surface area contributed by atoms with Crippen LogP contribution >= 0.6 is 0 Å². The van der Waals surface area contributed by atoms with Crippen LogP contribution in [0.2, 0.25) is 0 Å². The Labute approximate surface area is 179 Å². The van der Waals surface area contributed by atoms with Gasteiger partial charge in [0.1, 0.15) is 0 Å². The van der Waals surface area contributed by atoms with Crippen molar-refractivity contribution in [3.05, 3.63) is 95.3 Å². The molecule has 7 nitrogen and oxygen atoms in total. The number of hydrogen-bond donors (Lipinski definition) is 2. The van der Waals surface area contributed by atoms with Gasteiger partial charge in [-0.1, -0.05) is 59.8 Å². The highest BCUT2D eigenvalue weighted by Gasteiger charge is 2.20. The number of amides is 2. The SMILES string of the molecule is Cc1cccc(NC(=O)c2nnn(-c3ccc(-c4ccccc4)cc3)c2C)c1C(N)=O. The van der Waals surface area contributed by atoms with Gasteiger partial charge >= 0.3 is 0 Å². The molecule has 7 heteroatoms. The van der Waals surface area contributed by atoms with Crippen molar-refractivity contribution in [2.45, 2.75) is 13.8 Å². The molecule has 0 unspecified atom stereocenters. The van der Waals surface area contributed by atoms with E-state index < -0.39 is 11.8 Å². The van der Waals surface area contributed by atoms with E-state index in [1.165, 1.54) is 0 Å². The molecule has 0 radical (unpaired) electrons. The molecule has 154 valence electrons. The van der Waals surface area contributed by atoms with Gasteiger partial charge < -0.3 is 11.1 Å². The van der Waals surface area contributed by atoms with E-state index >= 15 is 0 Å². The molecule has 0 fully saturated rings. The second-order valence-electron chi connectivity index (χ2n) is 7.16. The molecule has 3 N–H and O–H groups in total. The number of rotatable bonds is 5. The molecule has 31 heavy (non-hydrogen) atoms. The minimum atomic E-state index is -0.604. The number of carbonyl (C=O) groups is 2. The van der Waals surface area contributed by atoms with Crippen LogP contribution < -0.4 is 11.1 Å². The summed E-state index contributed by atoms with van der Waals surface area (Å²) in [5.41, 5.74) is 10.5. The lowest BCUT2D eigenvalue weighted by molar-refractivity contribution is 0.100. The normalized spacial score (nSPS) is 10.6. The van der Waals surface area contributed by atoms with Crippen molar-refractivity contribution >= 4 is 17.5 Å². The summed E-state index contributed by atoms with van der Waals surface area (Å²) in [6.07, 6.45) is 0. The van der Waals surface area contributed by atoms with E-state index in [0.717, 1.165) is 16.8 Å². The Morgan fingerprint density at radius 2 is 1.55 bits per heavy atom. The zero-order valence-electron chi connectivity index (χ0n) is 17.2. The van der Waals surface area contributed by atoms with Gasteiger partial charge in [-0.15, -0.1) is 5.10 Å². The largest absolute Gasteiger partial charge is 0.366 e. The predicted octanol–water partition coefficient (Wildman–Crippen LogP) is 3.90. The van der Waals surface area contributed by atoms with Crippen LogP contribution in [-0.2, 0) is 0 Å². The highest BCUT2D eigenvalue weighted by atomic mass is 16.2. The van der Waals surface area contributed by atoms with Gasteiger partial charge in [-0.2, -0.15) is 0 Å². The van der Waals surface area contributed by atoms with Gasteiger partial charge in [0.2, 0.25) is 0 Å². The lowest BCUT2D eigenvalue weighted by Crippen LogP contribution is -2.20. The number of aryl methyl sites for hydroxylation is 1. The van der Waals surface area contributed by atoms with Crippen LogP contribution in [0.5, 0.6) is 0 Å². The van der Waals surface area contributed by atoms with Crippen LogP contribution in [0.25, 0.3) is 16.8 Å². The van der Waals surface area contributed by atoms with Crippen molar-refractivity contribution in [2.75, 3.05) is 5.32 Å². The number of carbonyl (C=O) groups excluding carboxylic acids is 2. The third kappa shape index (κ3) is 3.93. The monoisotopic (exact) mass is 411 g/mol. The first kappa shape index (κ1) is 20.0. The molecule has 1 aromatic heterocycles. The van der Waals surface area contributed by atoms with Crippen LogP contribution in [0, 0.1) is 13.8 Å². The molecule has 2 amide bonds. The van der Waals surface area contributed by atoms with Crippen molar-refractivity contribution in [2.24, 2.45) is 5.73 Å². The van der Waals surface area contributed by atoms with Gasteiger partial charge in [-0.25, -0.2) is 4.68 Å². The lowest BCUT2D eigenvalue weighted by Gasteiger charge is -2.10. The number of nitrogens with one attached hydrogen (secondary N) is 1. The number of aromatic nitrogens is 3. The van der Waals surface area contributed by atoms with E-state index in [0.29, 0.717) is 16.9 Å². The number of benzene rings is 3. The van der Waals surface area contributed by atoms with E-state index in [-0.39, 0.29) is 11.3 Å². The third-order valence-corrected chi connectivity index (χ3v) is 5.10. The number of primary amides is 1. The summed E-state index contributed by atoms with van der Waals surface area (Å²) >= 11 is 0. The molecule has 0 spiro atoms. The lowest BCUT2D eigenvalue weighted by atomic mass is 10.1. The highest BCUT2D eigenvalue weighted by molar-refractivity contribution is 6.08. The second kappa shape index (κ2) is 8.23. The van der Waals surface area contributed by atoms with E-state index in [2.05, 4.69) is 15.6 Å². The molecule has 0 aliphatic rings. The van der Waals surface area contributed by atoms with Gasteiger partial charge in [0, 0.05) is 0 Å². The highest BCUT2D eigenvalue weighted by Crippen LogP contribution is 2.23. The number of nitrogens with two attached hydrogens (primary N) is 1. The van der Waals surface area contributed by atoms with Crippen LogP contribution in [0.15, 0.2) is 72.8 Å². The molecule has 3 aromatic carbocycles. The van der Waals surface area contributed by atoms with Crippen molar-refractivity contribution in [1.82, 2.24) is 15.0 Å². The Kier molecular flexibility index (Phi) is 5.32. The smallest absolute Gasteiger partial charge is 0.278 e. The zero-order valence-corrected chi connectivity index (χ0v) is 17.2. The third-order valence-electron chi connectivity index (χ3n) is 5.10. The van der Waals surface area contributed by atoms with E-state index in [4.69, 9.17) is 5.73 Å². The maximum absolute atomic E-state index is 12.8. The maximum Gasteiger partial charge on any atom is 0.278 e. The van der Waals surface area contributed by atoms with Crippen molar-refractivity contribution in [3.63, 3.8) is 0 Å². The van der Waals surface area contributed by atoms with Gasteiger partial charge in [-0.05, 0) is 48.7 Å². The Morgan fingerprint density at radius 3 is 2.23 bits per heavy atom. The molecule has 0 aliphatic carbocycles. The van der Waals surface area contributed by atoms with Crippen LogP contribution in [0.4, 0.5) is 5.69 Å². The summed E-state index contributed by atoms with van der Waals surface area (Å²) in [4.78, 5) is 24.6. The van der Waals surface area contributed by atoms with Crippen LogP contribution in [0.3, 0.4) is 0 Å². The quantitative estimate of drug-likeness (QED) is 0.520. The van der Waals surface area contributed by atoms with Gasteiger partial charge in [0.05, 0.1) is 22.6 Å². The number of anilines is 1. The Hall–Kier alpha value is -4.26. The topological polar surface area (TPSA) is 103 Å². The first-order chi connectivity index (χ1) is 15.0. The first-order valence-corrected chi connectivity index (χ1v) is 9.74. The minimum absolute atomic E-state index is 0.170. The van der Waals surface area contributed by atoms with E-state index in [1.54, 1.807) is 36.7 Å². The summed E-state index contributed by atoms with van der Waals surface area (Å²) in [5.74, 6) is -1.06. The maximum atomic E-state index is 12.8. The average molecular weight is 411 g/mol. The molecule has 4 aromatic rings. The Bertz CT molecular complexity index is 1260. The van der Waals surface area contributed by atoms with E-state index in [1.807, 2.05) is 54.6 Å². The Morgan fingerprint density at radius 1 is 0.871 bits per heavy atom. The molecule has 0 bridgehead atoms. The first-order valence-electron chi connectivity index (χ1n) is 9.74. The fourth-order valence-corrected chi connectivity index (χ4v) is 3.49. The van der Waals surface area contributed by atoms with Crippen molar-refractivity contribution < 1.29 is 9.59 Å².